The molecule has 6 rings (SSSR count). The molecule has 2 fully saturated rings. The highest BCUT2D eigenvalue weighted by atomic mass is 32.2. The van der Waals surface area contributed by atoms with E-state index in [0.29, 0.717) is 35.9 Å². The first kappa shape index (κ1) is 29.6. The van der Waals surface area contributed by atoms with Crippen molar-refractivity contribution in [2.45, 2.75) is 71.1 Å². The number of aromatic nitrogens is 2. The summed E-state index contributed by atoms with van der Waals surface area (Å²) in [5.74, 6) is 1.64. The number of primary amides is 1. The molecule has 1 spiro atoms. The second-order valence-corrected chi connectivity index (χ2v) is 15.4. The number of nitrogens with one attached hydrogen (secondary N) is 1. The van der Waals surface area contributed by atoms with E-state index in [-0.39, 0.29) is 34.0 Å². The number of sulfonamides is 1. The minimum atomic E-state index is -3.94. The van der Waals surface area contributed by atoms with Gasteiger partial charge in [0.15, 0.2) is 0 Å². The van der Waals surface area contributed by atoms with E-state index in [4.69, 9.17) is 10.5 Å². The van der Waals surface area contributed by atoms with E-state index in [0.717, 1.165) is 60.8 Å². The van der Waals surface area contributed by atoms with Gasteiger partial charge in [-0.05, 0) is 110 Å². The van der Waals surface area contributed by atoms with Gasteiger partial charge in [0.25, 0.3) is 10.0 Å². The van der Waals surface area contributed by atoms with Crippen molar-refractivity contribution >= 4 is 21.9 Å². The molecule has 3 aliphatic rings. The van der Waals surface area contributed by atoms with Gasteiger partial charge in [-0.15, -0.1) is 0 Å². The average molecular weight is 603 g/mol. The van der Waals surface area contributed by atoms with Crippen molar-refractivity contribution in [3.63, 3.8) is 0 Å². The van der Waals surface area contributed by atoms with Crippen molar-refractivity contribution in [1.29, 1.82) is 0 Å². The zero-order valence-corrected chi connectivity index (χ0v) is 26.3. The number of aryl methyl sites for hydroxylation is 2. The molecular weight excluding hydrogens is 560 g/mol. The molecule has 9 heteroatoms. The van der Waals surface area contributed by atoms with Crippen molar-refractivity contribution in [3.8, 4) is 17.1 Å². The summed E-state index contributed by atoms with van der Waals surface area (Å²) in [6.45, 7) is 8.99. The molecule has 0 radical (unpaired) electrons. The van der Waals surface area contributed by atoms with Gasteiger partial charge in [0.05, 0.1) is 17.2 Å². The van der Waals surface area contributed by atoms with Gasteiger partial charge in [-0.1, -0.05) is 44.2 Å². The number of rotatable bonds is 5. The first-order chi connectivity index (χ1) is 20.4. The topological polar surface area (TPSA) is 124 Å². The predicted molar refractivity (Wildman–Crippen MR) is 167 cm³/mol. The van der Waals surface area contributed by atoms with Gasteiger partial charge in [-0.25, -0.2) is 18.1 Å². The number of hydrogen-bond acceptors (Lipinski definition) is 6. The zero-order chi connectivity index (χ0) is 30.5. The number of amides is 1. The molecule has 3 aromatic rings. The Labute approximate surface area is 254 Å². The maximum absolute atomic E-state index is 13.6. The second-order valence-electron chi connectivity index (χ2n) is 13.7. The third-order valence-electron chi connectivity index (χ3n) is 9.93. The molecule has 3 N–H and O–H groups in total. The molecule has 1 unspecified atom stereocenters. The number of nitrogens with two attached hydrogens (primary N) is 1. The van der Waals surface area contributed by atoms with Crippen LogP contribution in [0.2, 0.25) is 0 Å². The van der Waals surface area contributed by atoms with Gasteiger partial charge in [0.2, 0.25) is 17.7 Å². The Balaban J connectivity index is 1.39. The Morgan fingerprint density at radius 3 is 2.42 bits per heavy atom. The summed E-state index contributed by atoms with van der Waals surface area (Å²) in [5.41, 5.74) is 10.4. The van der Waals surface area contributed by atoms with Gasteiger partial charge in [0.1, 0.15) is 0 Å². The van der Waals surface area contributed by atoms with Crippen LogP contribution in [-0.2, 0) is 21.2 Å². The summed E-state index contributed by atoms with van der Waals surface area (Å²) in [6, 6.07) is 15.1. The van der Waals surface area contributed by atoms with Gasteiger partial charge < -0.3 is 10.5 Å². The van der Waals surface area contributed by atoms with Crippen LogP contribution in [0.15, 0.2) is 53.4 Å². The number of nitrogens with zero attached hydrogens (tertiary/aromatic N) is 2. The van der Waals surface area contributed by atoms with Crippen molar-refractivity contribution in [2.75, 3.05) is 11.3 Å². The van der Waals surface area contributed by atoms with Gasteiger partial charge >= 0.3 is 0 Å². The lowest BCUT2D eigenvalue weighted by Gasteiger charge is -2.59. The molecule has 2 heterocycles. The summed E-state index contributed by atoms with van der Waals surface area (Å²) < 4.78 is 36.3. The number of carbonyl (C=O) groups is 1. The minimum Gasteiger partial charge on any atom is -0.477 e. The fourth-order valence-electron chi connectivity index (χ4n) is 7.94. The smallest absolute Gasteiger partial charge is 0.264 e. The average Bonchev–Trinajstić information content (AvgIpc) is 2.88. The van der Waals surface area contributed by atoms with E-state index in [2.05, 4.69) is 28.5 Å². The Morgan fingerprint density at radius 1 is 1.05 bits per heavy atom. The quantitative estimate of drug-likeness (QED) is 0.366. The van der Waals surface area contributed by atoms with Crippen molar-refractivity contribution < 1.29 is 17.9 Å². The number of hydrogen-bond donors (Lipinski definition) is 2. The van der Waals surface area contributed by atoms with E-state index in [1.54, 1.807) is 12.1 Å². The van der Waals surface area contributed by atoms with E-state index < -0.39 is 10.0 Å². The van der Waals surface area contributed by atoms with Crippen molar-refractivity contribution in [1.82, 2.24) is 9.97 Å². The number of ether oxygens (including phenoxy) is 1. The van der Waals surface area contributed by atoms with Crippen LogP contribution in [0.4, 0.5) is 5.95 Å². The fraction of sp³-hybridized carbons (Fsp3) is 0.500. The molecule has 1 aliphatic heterocycles. The summed E-state index contributed by atoms with van der Waals surface area (Å²) in [5, 5.41) is 0. The van der Waals surface area contributed by atoms with Crippen molar-refractivity contribution in [2.24, 2.45) is 40.7 Å². The van der Waals surface area contributed by atoms with E-state index in [1.807, 2.05) is 50.2 Å². The van der Waals surface area contributed by atoms with Crippen LogP contribution >= 0.6 is 0 Å². The Kier molecular flexibility index (Phi) is 7.73. The lowest BCUT2D eigenvalue weighted by molar-refractivity contribution is -0.142. The summed E-state index contributed by atoms with van der Waals surface area (Å²) in [7, 11) is -3.94. The van der Waals surface area contributed by atoms with Crippen LogP contribution in [0.1, 0.15) is 62.6 Å². The SMILES string of the molecule is Cc1cccc(C)c1-c1cc2nc(n1)NS(=O)(=O)c1cccc(c1)CC(C1CC3(CC(C(N)=O)C3)C1)[C@H](CC(C)C)CO2. The van der Waals surface area contributed by atoms with Crippen molar-refractivity contribution in [3.05, 3.63) is 65.2 Å². The summed E-state index contributed by atoms with van der Waals surface area (Å²) in [4.78, 5) is 21.1. The fourth-order valence-corrected chi connectivity index (χ4v) is 8.95. The monoisotopic (exact) mass is 602 g/mol. The second kappa shape index (κ2) is 11.2. The number of carbonyl (C=O) groups excluding carboxylic acids is 1. The molecule has 8 nitrogen and oxygen atoms in total. The third kappa shape index (κ3) is 6.01. The standard InChI is InChI=1S/C34H42N4O4S/c1-20(2)11-24-19-42-30-14-29(31-21(3)7-5-8-22(31)4)36-33(37-30)38-43(40,41)27-10-6-9-23(12-27)13-28(24)25-15-34(16-25)17-26(18-34)32(35)39/h5-10,12,14,20,24-26,28H,11,13,15-19H2,1-4H3,(H2,35,39)(H,36,37,38)/t24-,25?,26?,28?,34?/m1/s1. The van der Waals surface area contributed by atoms with Crippen LogP contribution in [-0.4, -0.2) is 30.9 Å². The van der Waals surface area contributed by atoms with E-state index >= 15 is 0 Å². The maximum Gasteiger partial charge on any atom is 0.264 e. The molecule has 2 aliphatic carbocycles. The number of anilines is 1. The minimum absolute atomic E-state index is 0.00300. The predicted octanol–water partition coefficient (Wildman–Crippen LogP) is 6.07. The lowest BCUT2D eigenvalue weighted by Crippen LogP contribution is -2.54. The van der Waals surface area contributed by atoms with Gasteiger partial charge in [-0.3, -0.25) is 4.79 Å². The first-order valence-electron chi connectivity index (χ1n) is 15.4. The molecule has 228 valence electrons. The molecule has 4 bridgehead atoms. The zero-order valence-electron chi connectivity index (χ0n) is 25.5. The largest absolute Gasteiger partial charge is 0.477 e. The highest BCUT2D eigenvalue weighted by Gasteiger charge is 2.56. The lowest BCUT2D eigenvalue weighted by atomic mass is 9.45. The molecule has 1 amide bonds. The van der Waals surface area contributed by atoms with E-state index in [1.165, 1.54) is 0 Å². The maximum atomic E-state index is 13.6. The van der Waals surface area contributed by atoms with Gasteiger partial charge in [-0.2, -0.15) is 4.98 Å². The molecule has 43 heavy (non-hydrogen) atoms. The number of benzene rings is 2. The van der Waals surface area contributed by atoms with Crippen LogP contribution < -0.4 is 15.2 Å². The molecule has 2 atom stereocenters. The summed E-state index contributed by atoms with van der Waals surface area (Å²) >= 11 is 0. The first-order valence-corrected chi connectivity index (χ1v) is 16.9. The van der Waals surface area contributed by atoms with E-state index in [9.17, 15) is 13.2 Å². The number of fused-ring (bicyclic) bond motifs is 4. The van der Waals surface area contributed by atoms with Crippen LogP contribution in [0.3, 0.4) is 0 Å². The van der Waals surface area contributed by atoms with Crippen LogP contribution in [0.25, 0.3) is 11.3 Å². The Morgan fingerprint density at radius 2 is 1.74 bits per heavy atom. The molecule has 2 aromatic carbocycles. The third-order valence-corrected chi connectivity index (χ3v) is 11.3. The molecule has 0 saturated heterocycles. The highest BCUT2D eigenvalue weighted by molar-refractivity contribution is 7.92. The summed E-state index contributed by atoms with van der Waals surface area (Å²) in [6.07, 6.45) is 5.67. The van der Waals surface area contributed by atoms with Crippen LogP contribution in [0, 0.1) is 48.9 Å². The Bertz CT molecular complexity index is 1620. The molecule has 1 aromatic heterocycles. The highest BCUT2D eigenvalue weighted by Crippen LogP contribution is 2.63. The Hall–Kier alpha value is -3.46. The normalized spacial score (nSPS) is 27.8. The van der Waals surface area contributed by atoms with Crippen LogP contribution in [0.5, 0.6) is 5.88 Å². The molecular formula is C34H42N4O4S. The molecule has 2 saturated carbocycles. The van der Waals surface area contributed by atoms with Gasteiger partial charge in [0, 0.05) is 17.5 Å².